The Balaban J connectivity index is 1.65. The number of hydrogen-bond acceptors (Lipinski definition) is 5. The van der Waals surface area contributed by atoms with Crippen molar-refractivity contribution in [2.24, 2.45) is 0 Å². The first kappa shape index (κ1) is 18.4. The van der Waals surface area contributed by atoms with Crippen LogP contribution in [0.15, 0.2) is 76.5 Å². The van der Waals surface area contributed by atoms with Crippen molar-refractivity contribution >= 4 is 33.2 Å². The largest absolute Gasteiger partial charge is 0.457 e. The first-order valence-electron chi connectivity index (χ1n) is 8.32. The molecule has 0 fully saturated rings. The van der Waals surface area contributed by atoms with E-state index in [-0.39, 0.29) is 38.9 Å². The summed E-state index contributed by atoms with van der Waals surface area (Å²) in [6.45, 7) is 0.0155. The van der Waals surface area contributed by atoms with E-state index >= 15 is 0 Å². The fourth-order valence-corrected chi connectivity index (χ4v) is 4.83. The van der Waals surface area contributed by atoms with Gasteiger partial charge in [-0.1, -0.05) is 35.9 Å². The van der Waals surface area contributed by atoms with Gasteiger partial charge in [-0.3, -0.25) is 4.79 Å². The molecule has 0 unspecified atom stereocenters. The Morgan fingerprint density at radius 2 is 1.57 bits per heavy atom. The maximum absolute atomic E-state index is 12.9. The second kappa shape index (κ2) is 6.89. The molecule has 1 aliphatic heterocycles. The van der Waals surface area contributed by atoms with Crippen molar-refractivity contribution in [3.63, 3.8) is 0 Å². The molecule has 140 valence electrons. The quantitative estimate of drug-likeness (QED) is 0.474. The molecule has 0 N–H and O–H groups in total. The number of sulfone groups is 1. The molecular weight excluding hydrogens is 400 g/mol. The van der Waals surface area contributed by atoms with Gasteiger partial charge >= 0.3 is 5.97 Å². The van der Waals surface area contributed by atoms with Gasteiger partial charge in [0, 0.05) is 16.1 Å². The Hall–Kier alpha value is -2.96. The average molecular weight is 413 g/mol. The molecule has 0 atom stereocenters. The van der Waals surface area contributed by atoms with Gasteiger partial charge in [-0.05, 0) is 48.0 Å². The molecule has 28 heavy (non-hydrogen) atoms. The fourth-order valence-electron chi connectivity index (χ4n) is 3.02. The minimum atomic E-state index is -3.91. The second-order valence-corrected chi connectivity index (χ2v) is 8.57. The molecule has 5 nitrogen and oxygen atoms in total. The van der Waals surface area contributed by atoms with E-state index in [1.54, 1.807) is 36.4 Å². The van der Waals surface area contributed by atoms with Crippen LogP contribution in [0.4, 0.5) is 0 Å². The molecule has 1 heterocycles. The highest BCUT2D eigenvalue weighted by molar-refractivity contribution is 7.91. The highest BCUT2D eigenvalue weighted by Crippen LogP contribution is 2.34. The molecule has 1 aliphatic rings. The van der Waals surface area contributed by atoms with E-state index in [1.807, 2.05) is 0 Å². The highest BCUT2D eigenvalue weighted by atomic mass is 35.5. The molecule has 3 aromatic carbocycles. The van der Waals surface area contributed by atoms with E-state index in [2.05, 4.69) is 0 Å². The minimum absolute atomic E-state index is 0.0155. The summed E-state index contributed by atoms with van der Waals surface area (Å²) in [5.41, 5.74) is 0.983. The minimum Gasteiger partial charge on any atom is -0.457 e. The lowest BCUT2D eigenvalue weighted by atomic mass is 10.0. The predicted molar refractivity (Wildman–Crippen MR) is 102 cm³/mol. The number of carbonyl (C=O) groups excluding carboxylic acids is 2. The van der Waals surface area contributed by atoms with Crippen molar-refractivity contribution in [3.05, 3.63) is 94.0 Å². The first-order chi connectivity index (χ1) is 13.4. The summed E-state index contributed by atoms with van der Waals surface area (Å²) in [6, 6.07) is 16.8. The van der Waals surface area contributed by atoms with Crippen LogP contribution in [0.25, 0.3) is 0 Å². The molecule has 7 heteroatoms. The number of esters is 1. The van der Waals surface area contributed by atoms with Crippen LogP contribution in [0.2, 0.25) is 5.02 Å². The number of ether oxygens (including phenoxy) is 1. The van der Waals surface area contributed by atoms with Crippen molar-refractivity contribution in [3.8, 4) is 0 Å². The molecule has 0 spiro atoms. The molecular formula is C21H13ClO5S. The van der Waals surface area contributed by atoms with Gasteiger partial charge in [0.05, 0.1) is 15.4 Å². The number of halogens is 1. The zero-order valence-corrected chi connectivity index (χ0v) is 16.0. The lowest BCUT2D eigenvalue weighted by Gasteiger charge is -2.19. The Morgan fingerprint density at radius 1 is 0.893 bits per heavy atom. The summed E-state index contributed by atoms with van der Waals surface area (Å²) in [4.78, 5) is 24.8. The molecule has 0 bridgehead atoms. The third-order valence-corrected chi connectivity index (χ3v) is 6.56. The first-order valence-corrected chi connectivity index (χ1v) is 10.2. The fraction of sp³-hybridized carbons (Fsp3) is 0.0476. The van der Waals surface area contributed by atoms with E-state index in [0.29, 0.717) is 5.02 Å². The third-order valence-electron chi connectivity index (χ3n) is 4.46. The van der Waals surface area contributed by atoms with Gasteiger partial charge in [0.15, 0.2) is 5.78 Å². The van der Waals surface area contributed by atoms with Crippen molar-refractivity contribution in [1.82, 2.24) is 0 Å². The summed E-state index contributed by atoms with van der Waals surface area (Å²) in [6.07, 6.45) is 0. The summed E-state index contributed by atoms with van der Waals surface area (Å²) >= 11 is 5.82. The molecule has 3 aromatic rings. The van der Waals surface area contributed by atoms with Crippen LogP contribution in [0.1, 0.15) is 31.8 Å². The van der Waals surface area contributed by atoms with Crippen molar-refractivity contribution in [1.29, 1.82) is 0 Å². The predicted octanol–water partition coefficient (Wildman–Crippen LogP) is 4.07. The summed E-state index contributed by atoms with van der Waals surface area (Å²) in [5, 5.41) is 0.569. The molecule has 4 rings (SSSR count). The molecule has 0 amide bonds. The van der Waals surface area contributed by atoms with Gasteiger partial charge in [-0.25, -0.2) is 13.2 Å². The van der Waals surface area contributed by atoms with Gasteiger partial charge in [0.2, 0.25) is 9.84 Å². The molecule has 0 aromatic heterocycles. The van der Waals surface area contributed by atoms with Crippen LogP contribution in [-0.2, 0) is 21.2 Å². The number of rotatable bonds is 3. The summed E-state index contributed by atoms with van der Waals surface area (Å²) in [5.74, 6) is -1.07. The van der Waals surface area contributed by atoms with Crippen molar-refractivity contribution in [2.45, 2.75) is 16.4 Å². The van der Waals surface area contributed by atoms with E-state index < -0.39 is 15.8 Å². The van der Waals surface area contributed by atoms with E-state index in [1.165, 1.54) is 30.3 Å². The second-order valence-electron chi connectivity index (χ2n) is 6.24. The van der Waals surface area contributed by atoms with Gasteiger partial charge in [0.1, 0.15) is 6.61 Å². The maximum atomic E-state index is 12.9. The average Bonchev–Trinajstić information content (AvgIpc) is 2.71. The topological polar surface area (TPSA) is 77.5 Å². The van der Waals surface area contributed by atoms with Crippen LogP contribution < -0.4 is 0 Å². The third kappa shape index (κ3) is 3.10. The molecule has 0 saturated carbocycles. The highest BCUT2D eigenvalue weighted by Gasteiger charge is 2.35. The summed E-state index contributed by atoms with van der Waals surface area (Å²) < 4.78 is 31.1. The van der Waals surface area contributed by atoms with E-state index in [9.17, 15) is 18.0 Å². The van der Waals surface area contributed by atoms with Gasteiger partial charge in [-0.2, -0.15) is 0 Å². The number of carbonyl (C=O) groups is 2. The van der Waals surface area contributed by atoms with Gasteiger partial charge in [0.25, 0.3) is 0 Å². The van der Waals surface area contributed by atoms with Crippen molar-refractivity contribution in [2.75, 3.05) is 0 Å². The standard InChI is InChI=1S/C21H13ClO5S/c22-15-8-5-13(6-9-15)12-27-21(24)14-7-10-17-19(11-14)28(25,26)18-4-2-1-3-16(18)20(17)23/h1-11H,12H2. The zero-order valence-electron chi connectivity index (χ0n) is 14.4. The van der Waals surface area contributed by atoms with Crippen LogP contribution >= 0.6 is 11.6 Å². The monoisotopic (exact) mass is 412 g/mol. The van der Waals surface area contributed by atoms with Gasteiger partial charge in [-0.15, -0.1) is 0 Å². The summed E-state index contributed by atoms with van der Waals surface area (Å²) in [7, 11) is -3.91. The SMILES string of the molecule is O=C(OCc1ccc(Cl)cc1)c1ccc2c(c1)S(=O)(=O)c1ccccc1C2=O. The Morgan fingerprint density at radius 3 is 2.32 bits per heavy atom. The Kier molecular flexibility index (Phi) is 4.53. The number of fused-ring (bicyclic) bond motifs is 2. The van der Waals surface area contributed by atoms with Gasteiger partial charge < -0.3 is 4.74 Å². The van der Waals surface area contributed by atoms with E-state index in [0.717, 1.165) is 5.56 Å². The Bertz CT molecular complexity index is 1210. The van der Waals surface area contributed by atoms with Crippen LogP contribution in [-0.4, -0.2) is 20.2 Å². The zero-order chi connectivity index (χ0) is 19.9. The molecule has 0 aliphatic carbocycles. The number of hydrogen-bond donors (Lipinski definition) is 0. The van der Waals surface area contributed by atoms with Crippen LogP contribution in [0, 0.1) is 0 Å². The Labute approximate surface area is 166 Å². The normalized spacial score (nSPS) is 14.1. The number of benzene rings is 3. The van der Waals surface area contributed by atoms with Crippen molar-refractivity contribution < 1.29 is 22.7 Å². The van der Waals surface area contributed by atoms with Crippen LogP contribution in [0.5, 0.6) is 0 Å². The molecule has 0 radical (unpaired) electrons. The lowest BCUT2D eigenvalue weighted by Crippen LogP contribution is -2.21. The molecule has 0 saturated heterocycles. The van der Waals surface area contributed by atoms with Crippen LogP contribution in [0.3, 0.4) is 0 Å². The smallest absolute Gasteiger partial charge is 0.338 e. The number of ketones is 1. The van der Waals surface area contributed by atoms with E-state index in [4.69, 9.17) is 16.3 Å². The lowest BCUT2D eigenvalue weighted by molar-refractivity contribution is 0.0472. The maximum Gasteiger partial charge on any atom is 0.338 e.